The maximum absolute atomic E-state index is 14.9. The molecule has 34 heavy (non-hydrogen) atoms. The number of benzene rings is 2. The maximum Gasteiger partial charge on any atom is 0.181 e. The van der Waals surface area contributed by atoms with Crippen LogP contribution >= 0.6 is 23.8 Å². The van der Waals surface area contributed by atoms with Gasteiger partial charge in [0.15, 0.2) is 10.9 Å². The van der Waals surface area contributed by atoms with Crippen LogP contribution in [-0.2, 0) is 17.6 Å². The van der Waals surface area contributed by atoms with E-state index >= 15 is 0 Å². The van der Waals surface area contributed by atoms with E-state index in [4.69, 9.17) is 29.1 Å². The number of nitrogens with zero attached hydrogens (tertiary/aromatic N) is 4. The van der Waals surface area contributed by atoms with Crippen LogP contribution in [-0.4, -0.2) is 34.0 Å². The van der Waals surface area contributed by atoms with E-state index in [-0.39, 0.29) is 21.4 Å². The first kappa shape index (κ1) is 25.3. The molecule has 0 unspecified atom stereocenters. The topological polar surface area (TPSA) is 76.0 Å². The first-order valence-corrected chi connectivity index (χ1v) is 11.5. The summed E-state index contributed by atoms with van der Waals surface area (Å²) in [6, 6.07) is 12.5. The molecule has 0 radical (unpaired) electrons. The summed E-state index contributed by atoms with van der Waals surface area (Å²) >= 11 is 11.7. The molecule has 0 aliphatic heterocycles. The Morgan fingerprint density at radius 3 is 2.56 bits per heavy atom. The third-order valence-electron chi connectivity index (χ3n) is 5.52. The summed E-state index contributed by atoms with van der Waals surface area (Å²) in [5.41, 5.74) is 0.983. The lowest BCUT2D eigenvalue weighted by Gasteiger charge is -2.39. The van der Waals surface area contributed by atoms with Crippen molar-refractivity contribution in [2.75, 3.05) is 16.8 Å². The van der Waals surface area contributed by atoms with Crippen molar-refractivity contribution in [1.29, 1.82) is 5.26 Å². The number of anilines is 2. The van der Waals surface area contributed by atoms with E-state index in [2.05, 4.69) is 9.97 Å². The SMILES string of the molecule is CN(C(=S)N(c1ccc(CCCc2ncc[nH]2)cc1)C(C)(C)C=O)c1ccc(C#N)c(Cl)c1F. The molecule has 9 heteroatoms. The number of aryl methyl sites for hydroxylation is 2. The fourth-order valence-electron chi connectivity index (χ4n) is 3.59. The Hall–Kier alpha value is -3.28. The Labute approximate surface area is 209 Å². The standard InChI is InChI=1S/C25H25ClFN5OS/c1-25(2,16-33)32(24(34)31(3)20-12-9-18(15-28)22(26)23(20)27)19-10-7-17(8-11-19)5-4-6-21-29-13-14-30-21/h7-14,16H,4-6H2,1-3H3,(H,29,30). The molecule has 0 spiro atoms. The Kier molecular flexibility index (Phi) is 8.02. The van der Waals surface area contributed by atoms with E-state index in [1.807, 2.05) is 36.5 Å². The molecule has 1 heterocycles. The summed E-state index contributed by atoms with van der Waals surface area (Å²) in [7, 11) is 1.60. The van der Waals surface area contributed by atoms with Crippen molar-refractivity contribution in [3.05, 3.63) is 76.6 Å². The monoisotopic (exact) mass is 497 g/mol. The van der Waals surface area contributed by atoms with Gasteiger partial charge in [0, 0.05) is 31.5 Å². The second-order valence-electron chi connectivity index (χ2n) is 8.38. The van der Waals surface area contributed by atoms with Gasteiger partial charge in [-0.05, 0) is 68.7 Å². The van der Waals surface area contributed by atoms with E-state index < -0.39 is 11.4 Å². The van der Waals surface area contributed by atoms with Crippen molar-refractivity contribution in [2.45, 2.75) is 38.6 Å². The fourth-order valence-corrected chi connectivity index (χ4v) is 4.23. The van der Waals surface area contributed by atoms with Crippen LogP contribution in [0.2, 0.25) is 5.02 Å². The molecule has 0 saturated heterocycles. The summed E-state index contributed by atoms with van der Waals surface area (Å²) in [4.78, 5) is 22.4. The highest BCUT2D eigenvalue weighted by molar-refractivity contribution is 7.80. The summed E-state index contributed by atoms with van der Waals surface area (Å²) in [6.07, 6.45) is 7.02. The van der Waals surface area contributed by atoms with E-state index in [0.717, 1.165) is 36.9 Å². The van der Waals surface area contributed by atoms with Gasteiger partial charge in [0.2, 0.25) is 0 Å². The minimum Gasteiger partial charge on any atom is -0.349 e. The molecule has 1 N–H and O–H groups in total. The van der Waals surface area contributed by atoms with Gasteiger partial charge in [-0.25, -0.2) is 9.37 Å². The molecule has 0 bridgehead atoms. The Balaban J connectivity index is 1.84. The first-order valence-electron chi connectivity index (χ1n) is 10.7. The second kappa shape index (κ2) is 10.8. The average molecular weight is 498 g/mol. The summed E-state index contributed by atoms with van der Waals surface area (Å²) in [5.74, 6) is 0.209. The number of thiocarbonyl (C=S) groups is 1. The molecule has 0 saturated carbocycles. The number of nitriles is 1. The lowest BCUT2D eigenvalue weighted by atomic mass is 10.0. The lowest BCUT2D eigenvalue weighted by Crippen LogP contribution is -2.54. The molecule has 6 nitrogen and oxygen atoms in total. The van der Waals surface area contributed by atoms with Crippen LogP contribution in [0.1, 0.15) is 37.2 Å². The molecule has 3 rings (SSSR count). The zero-order valence-corrected chi connectivity index (χ0v) is 20.8. The number of rotatable bonds is 8. The number of imidazole rings is 1. The predicted octanol–water partition coefficient (Wildman–Crippen LogP) is 5.45. The van der Waals surface area contributed by atoms with E-state index in [9.17, 15) is 9.18 Å². The number of nitrogens with one attached hydrogen (secondary N) is 1. The largest absolute Gasteiger partial charge is 0.349 e. The van der Waals surface area contributed by atoms with Gasteiger partial charge in [-0.15, -0.1) is 0 Å². The van der Waals surface area contributed by atoms with Crippen LogP contribution in [0.4, 0.5) is 15.8 Å². The van der Waals surface area contributed by atoms with Gasteiger partial charge in [-0.3, -0.25) is 0 Å². The minimum absolute atomic E-state index is 0.0370. The van der Waals surface area contributed by atoms with Gasteiger partial charge < -0.3 is 19.6 Å². The van der Waals surface area contributed by atoms with Gasteiger partial charge >= 0.3 is 0 Å². The van der Waals surface area contributed by atoms with Crippen molar-refractivity contribution in [2.24, 2.45) is 0 Å². The molecule has 2 aromatic carbocycles. The van der Waals surface area contributed by atoms with Crippen molar-refractivity contribution in [3.63, 3.8) is 0 Å². The number of aldehydes is 1. The smallest absolute Gasteiger partial charge is 0.181 e. The third-order valence-corrected chi connectivity index (χ3v) is 6.34. The van der Waals surface area contributed by atoms with Crippen LogP contribution in [0.5, 0.6) is 0 Å². The Morgan fingerprint density at radius 2 is 1.97 bits per heavy atom. The van der Waals surface area contributed by atoms with Crippen molar-refractivity contribution in [1.82, 2.24) is 9.97 Å². The van der Waals surface area contributed by atoms with Crippen LogP contribution in [0.25, 0.3) is 0 Å². The van der Waals surface area contributed by atoms with Crippen LogP contribution in [0, 0.1) is 17.1 Å². The predicted molar refractivity (Wildman–Crippen MR) is 137 cm³/mol. The van der Waals surface area contributed by atoms with Crippen LogP contribution in [0.3, 0.4) is 0 Å². The molecule has 176 valence electrons. The number of carbonyl (C=O) groups is 1. The lowest BCUT2D eigenvalue weighted by molar-refractivity contribution is -0.111. The summed E-state index contributed by atoms with van der Waals surface area (Å²) in [6.45, 7) is 3.47. The molecule has 0 aliphatic carbocycles. The minimum atomic E-state index is -1.00. The van der Waals surface area contributed by atoms with Crippen molar-refractivity contribution in [3.8, 4) is 6.07 Å². The highest BCUT2D eigenvalue weighted by atomic mass is 35.5. The molecule has 0 aliphatic rings. The van der Waals surface area contributed by atoms with E-state index in [0.29, 0.717) is 5.69 Å². The van der Waals surface area contributed by atoms with Gasteiger partial charge in [-0.2, -0.15) is 5.26 Å². The molecular formula is C25H25ClFN5OS. The highest BCUT2D eigenvalue weighted by Gasteiger charge is 2.33. The zero-order valence-electron chi connectivity index (χ0n) is 19.2. The van der Waals surface area contributed by atoms with Gasteiger partial charge in [0.05, 0.1) is 21.8 Å². The van der Waals surface area contributed by atoms with Crippen LogP contribution in [0.15, 0.2) is 48.8 Å². The quantitative estimate of drug-likeness (QED) is 0.329. The molecule has 3 aromatic rings. The summed E-state index contributed by atoms with van der Waals surface area (Å²) < 4.78 is 14.9. The number of halogens is 2. The molecule has 0 amide bonds. The number of hydrogen-bond acceptors (Lipinski definition) is 4. The number of aromatic nitrogens is 2. The third kappa shape index (κ3) is 5.44. The number of aromatic amines is 1. The molecule has 0 atom stereocenters. The Morgan fingerprint density at radius 1 is 1.26 bits per heavy atom. The highest BCUT2D eigenvalue weighted by Crippen LogP contribution is 2.31. The molecular weight excluding hydrogens is 473 g/mol. The van der Waals surface area contributed by atoms with E-state index in [1.165, 1.54) is 17.0 Å². The molecule has 1 aromatic heterocycles. The fraction of sp³-hybridized carbons (Fsp3) is 0.280. The molecule has 0 fully saturated rings. The maximum atomic E-state index is 14.9. The van der Waals surface area contributed by atoms with E-state index in [1.54, 1.807) is 32.0 Å². The van der Waals surface area contributed by atoms with Gasteiger partial charge in [0.1, 0.15) is 18.2 Å². The first-order chi connectivity index (χ1) is 16.2. The van der Waals surface area contributed by atoms with Crippen molar-refractivity contribution >= 4 is 46.6 Å². The van der Waals surface area contributed by atoms with Crippen LogP contribution < -0.4 is 9.80 Å². The van der Waals surface area contributed by atoms with Crippen molar-refractivity contribution < 1.29 is 9.18 Å². The zero-order chi connectivity index (χ0) is 24.9. The summed E-state index contributed by atoms with van der Waals surface area (Å²) in [5, 5.41) is 9.03. The van der Waals surface area contributed by atoms with Gasteiger partial charge in [0.25, 0.3) is 0 Å². The average Bonchev–Trinajstić information content (AvgIpc) is 3.35. The number of H-pyrrole nitrogens is 1. The Bertz CT molecular complexity index is 1210. The van der Waals surface area contributed by atoms with Gasteiger partial charge in [-0.1, -0.05) is 23.7 Å². The second-order valence-corrected chi connectivity index (χ2v) is 9.12. The number of carbonyl (C=O) groups excluding carboxylic acids is 1. The number of hydrogen-bond donors (Lipinski definition) is 1. The normalized spacial score (nSPS) is 11.1.